The van der Waals surface area contributed by atoms with Crippen LogP contribution in [0.3, 0.4) is 0 Å². The Labute approximate surface area is 97.9 Å². The van der Waals surface area contributed by atoms with Crippen molar-refractivity contribution in [1.82, 2.24) is 0 Å². The molecule has 1 aromatic rings. The van der Waals surface area contributed by atoms with E-state index in [1.54, 1.807) is 0 Å². The number of nitrogens with one attached hydrogen (secondary N) is 1. The van der Waals surface area contributed by atoms with E-state index in [9.17, 15) is 4.79 Å². The molecule has 82 valence electrons. The van der Waals surface area contributed by atoms with Gasteiger partial charge in [-0.2, -0.15) is 0 Å². The fourth-order valence-electron chi connectivity index (χ4n) is 1.08. The Bertz CT molecular complexity index is 339. The Morgan fingerprint density at radius 3 is 2.73 bits per heavy atom. The number of esters is 1. The molecule has 0 spiro atoms. The van der Waals surface area contributed by atoms with Gasteiger partial charge < -0.3 is 10.1 Å². The van der Waals surface area contributed by atoms with E-state index in [0.717, 1.165) is 10.2 Å². The molecule has 0 fully saturated rings. The molecular weight excluding hydrogens is 258 g/mol. The van der Waals surface area contributed by atoms with Crippen molar-refractivity contribution in [3.8, 4) is 0 Å². The molecule has 4 heteroatoms. The first kappa shape index (κ1) is 12.0. The SMILES string of the molecule is CC(C)OC(=O)CNc1ccccc1Br. The van der Waals surface area contributed by atoms with E-state index in [-0.39, 0.29) is 18.6 Å². The maximum atomic E-state index is 11.2. The van der Waals surface area contributed by atoms with Crippen LogP contribution >= 0.6 is 15.9 Å². The van der Waals surface area contributed by atoms with E-state index in [2.05, 4.69) is 21.2 Å². The molecule has 1 N–H and O–H groups in total. The van der Waals surface area contributed by atoms with Crippen molar-refractivity contribution in [2.75, 3.05) is 11.9 Å². The average Bonchev–Trinajstić information content (AvgIpc) is 2.15. The van der Waals surface area contributed by atoms with Gasteiger partial charge in [-0.1, -0.05) is 12.1 Å². The summed E-state index contributed by atoms with van der Waals surface area (Å²) in [5, 5.41) is 3.00. The third kappa shape index (κ3) is 4.34. The van der Waals surface area contributed by atoms with E-state index in [4.69, 9.17) is 4.74 Å². The highest BCUT2D eigenvalue weighted by Gasteiger charge is 2.05. The maximum absolute atomic E-state index is 11.2. The molecule has 0 aliphatic carbocycles. The van der Waals surface area contributed by atoms with Crippen LogP contribution in [0.15, 0.2) is 28.7 Å². The summed E-state index contributed by atoms with van der Waals surface area (Å²) in [7, 11) is 0. The lowest BCUT2D eigenvalue weighted by Gasteiger charge is -2.10. The van der Waals surface area contributed by atoms with Gasteiger partial charge in [0.25, 0.3) is 0 Å². The molecule has 0 radical (unpaired) electrons. The summed E-state index contributed by atoms with van der Waals surface area (Å²) >= 11 is 3.38. The summed E-state index contributed by atoms with van der Waals surface area (Å²) in [6, 6.07) is 7.63. The van der Waals surface area contributed by atoms with Crippen molar-refractivity contribution in [1.29, 1.82) is 0 Å². The van der Waals surface area contributed by atoms with Gasteiger partial charge in [0.15, 0.2) is 0 Å². The number of carbonyl (C=O) groups is 1. The number of hydrogen-bond acceptors (Lipinski definition) is 3. The van der Waals surface area contributed by atoms with E-state index in [1.165, 1.54) is 0 Å². The summed E-state index contributed by atoms with van der Waals surface area (Å²) in [4.78, 5) is 11.2. The van der Waals surface area contributed by atoms with Gasteiger partial charge in [-0.3, -0.25) is 4.79 Å². The molecule has 0 unspecified atom stereocenters. The first-order chi connectivity index (χ1) is 7.09. The summed E-state index contributed by atoms with van der Waals surface area (Å²) < 4.78 is 5.93. The van der Waals surface area contributed by atoms with Gasteiger partial charge in [-0.15, -0.1) is 0 Å². The minimum Gasteiger partial charge on any atom is -0.462 e. The van der Waals surface area contributed by atoms with Crippen molar-refractivity contribution in [3.63, 3.8) is 0 Å². The first-order valence-corrected chi connectivity index (χ1v) is 5.57. The van der Waals surface area contributed by atoms with Crippen LogP contribution < -0.4 is 5.32 Å². The standard InChI is InChI=1S/C11H14BrNO2/c1-8(2)15-11(14)7-13-10-6-4-3-5-9(10)12/h3-6,8,13H,7H2,1-2H3. The lowest BCUT2D eigenvalue weighted by Crippen LogP contribution is -2.20. The van der Waals surface area contributed by atoms with Crippen LogP contribution in [0.1, 0.15) is 13.8 Å². The highest BCUT2D eigenvalue weighted by molar-refractivity contribution is 9.10. The molecule has 0 heterocycles. The highest BCUT2D eigenvalue weighted by atomic mass is 79.9. The molecule has 1 rings (SSSR count). The van der Waals surface area contributed by atoms with Gasteiger partial charge in [-0.25, -0.2) is 0 Å². The second-order valence-electron chi connectivity index (χ2n) is 3.37. The van der Waals surface area contributed by atoms with Crippen LogP contribution in [0, 0.1) is 0 Å². The average molecular weight is 272 g/mol. The summed E-state index contributed by atoms with van der Waals surface area (Å²) in [5.41, 5.74) is 0.887. The lowest BCUT2D eigenvalue weighted by molar-refractivity contribution is -0.145. The summed E-state index contributed by atoms with van der Waals surface area (Å²) in [5.74, 6) is -0.249. The molecule has 0 aromatic heterocycles. The fraction of sp³-hybridized carbons (Fsp3) is 0.364. The van der Waals surface area contributed by atoms with Crippen molar-refractivity contribution < 1.29 is 9.53 Å². The topological polar surface area (TPSA) is 38.3 Å². The third-order valence-electron chi connectivity index (χ3n) is 1.66. The van der Waals surface area contributed by atoms with E-state index < -0.39 is 0 Å². The Hall–Kier alpha value is -1.03. The third-order valence-corrected chi connectivity index (χ3v) is 2.36. The predicted octanol–water partition coefficient (Wildman–Crippen LogP) is 2.81. The highest BCUT2D eigenvalue weighted by Crippen LogP contribution is 2.20. The van der Waals surface area contributed by atoms with Gasteiger partial charge >= 0.3 is 5.97 Å². The van der Waals surface area contributed by atoms with Gasteiger partial charge in [-0.05, 0) is 41.9 Å². The Balaban J connectivity index is 2.44. The fourth-order valence-corrected chi connectivity index (χ4v) is 1.50. The number of carbonyl (C=O) groups excluding carboxylic acids is 1. The van der Waals surface area contributed by atoms with Crippen molar-refractivity contribution in [2.24, 2.45) is 0 Å². The molecule has 0 bridgehead atoms. The molecule has 15 heavy (non-hydrogen) atoms. The van der Waals surface area contributed by atoms with Crippen molar-refractivity contribution in [2.45, 2.75) is 20.0 Å². The molecule has 1 aromatic carbocycles. The Morgan fingerprint density at radius 2 is 2.13 bits per heavy atom. The summed E-state index contributed by atoms with van der Waals surface area (Å²) in [6.45, 7) is 3.84. The van der Waals surface area contributed by atoms with Crippen LogP contribution in [0.25, 0.3) is 0 Å². The molecule has 0 amide bonds. The molecule has 3 nitrogen and oxygen atoms in total. The first-order valence-electron chi connectivity index (χ1n) is 4.77. The normalized spacial score (nSPS) is 10.1. The largest absolute Gasteiger partial charge is 0.462 e. The molecule has 0 aliphatic heterocycles. The van der Waals surface area contributed by atoms with E-state index >= 15 is 0 Å². The van der Waals surface area contributed by atoms with Crippen LogP contribution in [0.2, 0.25) is 0 Å². The van der Waals surface area contributed by atoms with Crippen molar-refractivity contribution in [3.05, 3.63) is 28.7 Å². The van der Waals surface area contributed by atoms with Crippen molar-refractivity contribution >= 4 is 27.6 Å². The monoisotopic (exact) mass is 271 g/mol. The zero-order chi connectivity index (χ0) is 11.3. The second kappa shape index (κ2) is 5.75. The number of para-hydroxylation sites is 1. The Kier molecular flexibility index (Phi) is 4.62. The maximum Gasteiger partial charge on any atom is 0.325 e. The van der Waals surface area contributed by atoms with E-state index in [1.807, 2.05) is 38.1 Å². The smallest absolute Gasteiger partial charge is 0.325 e. The molecule has 0 atom stereocenters. The zero-order valence-electron chi connectivity index (χ0n) is 8.79. The van der Waals surface area contributed by atoms with Gasteiger partial charge in [0.2, 0.25) is 0 Å². The van der Waals surface area contributed by atoms with Gasteiger partial charge in [0, 0.05) is 10.2 Å². The number of benzene rings is 1. The number of ether oxygens (including phenoxy) is 1. The molecule has 0 saturated carbocycles. The molecule has 0 aliphatic rings. The van der Waals surface area contributed by atoms with Crippen LogP contribution in [-0.4, -0.2) is 18.6 Å². The summed E-state index contributed by atoms with van der Waals surface area (Å²) in [6.07, 6.45) is -0.0708. The minimum atomic E-state index is -0.249. The molecule has 0 saturated heterocycles. The lowest BCUT2D eigenvalue weighted by atomic mass is 10.3. The van der Waals surface area contributed by atoms with Crippen LogP contribution in [0.5, 0.6) is 0 Å². The Morgan fingerprint density at radius 1 is 1.47 bits per heavy atom. The predicted molar refractivity (Wildman–Crippen MR) is 63.9 cm³/mol. The number of halogens is 1. The van der Waals surface area contributed by atoms with Gasteiger partial charge in [0.05, 0.1) is 6.10 Å². The van der Waals surface area contributed by atoms with Crippen LogP contribution in [0.4, 0.5) is 5.69 Å². The number of rotatable bonds is 4. The van der Waals surface area contributed by atoms with Gasteiger partial charge in [0.1, 0.15) is 6.54 Å². The minimum absolute atomic E-state index is 0.0708. The quantitative estimate of drug-likeness (QED) is 0.856. The number of hydrogen-bond donors (Lipinski definition) is 1. The number of anilines is 1. The van der Waals surface area contributed by atoms with E-state index in [0.29, 0.717) is 0 Å². The molecular formula is C11H14BrNO2. The second-order valence-corrected chi connectivity index (χ2v) is 4.23. The van der Waals surface area contributed by atoms with Crippen LogP contribution in [-0.2, 0) is 9.53 Å². The zero-order valence-corrected chi connectivity index (χ0v) is 10.4.